The second-order valence-electron chi connectivity index (χ2n) is 4.20. The van der Waals surface area contributed by atoms with Crippen molar-refractivity contribution in [2.45, 2.75) is 13.0 Å². The van der Waals surface area contributed by atoms with Crippen LogP contribution in [0.3, 0.4) is 0 Å². The first-order valence-electron chi connectivity index (χ1n) is 5.78. The van der Waals surface area contributed by atoms with E-state index in [1.807, 2.05) is 19.1 Å². The Labute approximate surface area is 116 Å². The van der Waals surface area contributed by atoms with Gasteiger partial charge < -0.3 is 9.84 Å². The molecular weight excluding hydrogens is 264 g/mol. The van der Waals surface area contributed by atoms with Crippen LogP contribution in [-0.2, 0) is 4.79 Å². The Bertz CT molecular complexity index is 578. The lowest BCUT2D eigenvalue weighted by Gasteiger charge is -2.15. The van der Waals surface area contributed by atoms with E-state index >= 15 is 0 Å². The quantitative estimate of drug-likeness (QED) is 0.922. The monoisotopic (exact) mass is 276 g/mol. The van der Waals surface area contributed by atoms with E-state index < -0.39 is 12.1 Å². The van der Waals surface area contributed by atoms with E-state index in [-0.39, 0.29) is 0 Å². The number of benzene rings is 2. The van der Waals surface area contributed by atoms with Gasteiger partial charge in [-0.25, -0.2) is 4.79 Å². The molecule has 2 aromatic rings. The molecule has 1 atom stereocenters. The van der Waals surface area contributed by atoms with Gasteiger partial charge in [-0.05, 0) is 31.2 Å². The molecule has 0 aliphatic carbocycles. The number of carboxylic acids is 1. The van der Waals surface area contributed by atoms with E-state index in [1.54, 1.807) is 36.4 Å². The van der Waals surface area contributed by atoms with Gasteiger partial charge in [0.2, 0.25) is 6.10 Å². The number of carbonyl (C=O) groups is 1. The second-order valence-corrected chi connectivity index (χ2v) is 4.64. The molecule has 0 radical (unpaired) electrons. The third-order valence-electron chi connectivity index (χ3n) is 2.65. The number of rotatable bonds is 4. The van der Waals surface area contributed by atoms with Crippen LogP contribution in [0.1, 0.15) is 17.2 Å². The predicted octanol–water partition coefficient (Wildman–Crippen LogP) is 3.85. The molecule has 0 saturated carbocycles. The number of carboxylic acid groups (broad SMARTS) is 1. The number of hydrogen-bond donors (Lipinski definition) is 1. The standard InChI is InChI=1S/C15H13ClO3/c1-10-5-7-13(8-6-10)19-14(15(17)18)11-3-2-4-12(16)9-11/h2-9,14H,1H3,(H,17,18)/t14-/m1/s1. The highest BCUT2D eigenvalue weighted by atomic mass is 35.5. The maximum Gasteiger partial charge on any atom is 0.349 e. The molecule has 0 aliphatic heterocycles. The normalized spacial score (nSPS) is 11.9. The smallest absolute Gasteiger partial charge is 0.349 e. The van der Waals surface area contributed by atoms with Crippen molar-refractivity contribution in [3.63, 3.8) is 0 Å². The predicted molar refractivity (Wildman–Crippen MR) is 73.6 cm³/mol. The highest BCUT2D eigenvalue weighted by Gasteiger charge is 2.22. The van der Waals surface area contributed by atoms with Crippen LogP contribution < -0.4 is 4.74 Å². The fourth-order valence-corrected chi connectivity index (χ4v) is 1.88. The minimum atomic E-state index is -1.07. The van der Waals surface area contributed by atoms with E-state index in [2.05, 4.69) is 0 Å². The summed E-state index contributed by atoms with van der Waals surface area (Å²) in [4.78, 5) is 11.3. The lowest BCUT2D eigenvalue weighted by Crippen LogP contribution is -2.18. The Balaban J connectivity index is 2.26. The van der Waals surface area contributed by atoms with Gasteiger partial charge >= 0.3 is 5.97 Å². The van der Waals surface area contributed by atoms with E-state index in [1.165, 1.54) is 0 Å². The average molecular weight is 277 g/mol. The first-order chi connectivity index (χ1) is 9.06. The van der Waals surface area contributed by atoms with Crippen molar-refractivity contribution in [3.8, 4) is 5.75 Å². The number of halogens is 1. The Hall–Kier alpha value is -2.00. The lowest BCUT2D eigenvalue weighted by molar-refractivity contribution is -0.145. The number of aliphatic carboxylic acids is 1. The lowest BCUT2D eigenvalue weighted by atomic mass is 10.1. The zero-order chi connectivity index (χ0) is 13.8. The van der Waals surface area contributed by atoms with Gasteiger partial charge in [0.05, 0.1) is 0 Å². The molecule has 19 heavy (non-hydrogen) atoms. The van der Waals surface area contributed by atoms with Crippen molar-refractivity contribution in [2.75, 3.05) is 0 Å². The molecule has 0 fully saturated rings. The highest BCUT2D eigenvalue weighted by Crippen LogP contribution is 2.24. The second kappa shape index (κ2) is 5.76. The van der Waals surface area contributed by atoms with Crippen molar-refractivity contribution >= 4 is 17.6 Å². The Morgan fingerprint density at radius 1 is 1.21 bits per heavy atom. The van der Waals surface area contributed by atoms with Gasteiger partial charge in [-0.1, -0.05) is 41.4 Å². The van der Waals surface area contributed by atoms with Crippen LogP contribution in [0.25, 0.3) is 0 Å². The Morgan fingerprint density at radius 2 is 1.89 bits per heavy atom. The molecule has 2 rings (SSSR count). The fourth-order valence-electron chi connectivity index (χ4n) is 1.68. The van der Waals surface area contributed by atoms with E-state index in [0.717, 1.165) is 5.56 Å². The maximum absolute atomic E-state index is 11.3. The van der Waals surface area contributed by atoms with Crippen molar-refractivity contribution in [3.05, 3.63) is 64.7 Å². The third-order valence-corrected chi connectivity index (χ3v) is 2.89. The van der Waals surface area contributed by atoms with Crippen LogP contribution >= 0.6 is 11.6 Å². The molecule has 0 spiro atoms. The summed E-state index contributed by atoms with van der Waals surface area (Å²) < 4.78 is 5.51. The summed E-state index contributed by atoms with van der Waals surface area (Å²) in [5, 5.41) is 9.75. The first-order valence-corrected chi connectivity index (χ1v) is 6.15. The zero-order valence-corrected chi connectivity index (χ0v) is 11.1. The Kier molecular flexibility index (Phi) is 4.07. The zero-order valence-electron chi connectivity index (χ0n) is 10.3. The van der Waals surface area contributed by atoms with Crippen molar-refractivity contribution < 1.29 is 14.6 Å². The van der Waals surface area contributed by atoms with E-state index in [0.29, 0.717) is 16.3 Å². The van der Waals surface area contributed by atoms with Crippen LogP contribution in [0, 0.1) is 6.92 Å². The van der Waals surface area contributed by atoms with Gasteiger partial charge in [0.1, 0.15) is 5.75 Å². The molecule has 0 aliphatic rings. The van der Waals surface area contributed by atoms with Gasteiger partial charge in [-0.2, -0.15) is 0 Å². The molecule has 4 heteroatoms. The molecular formula is C15H13ClO3. The molecule has 98 valence electrons. The summed E-state index contributed by atoms with van der Waals surface area (Å²) in [6.07, 6.45) is -1.07. The summed E-state index contributed by atoms with van der Waals surface area (Å²) >= 11 is 5.87. The number of hydrogen-bond acceptors (Lipinski definition) is 2. The number of ether oxygens (including phenoxy) is 1. The molecule has 3 nitrogen and oxygen atoms in total. The first kappa shape index (κ1) is 13.4. The Morgan fingerprint density at radius 3 is 2.47 bits per heavy atom. The van der Waals surface area contributed by atoms with Gasteiger partial charge in [0.25, 0.3) is 0 Å². The fraction of sp³-hybridized carbons (Fsp3) is 0.133. The molecule has 2 aromatic carbocycles. The van der Waals surface area contributed by atoms with Crippen LogP contribution in [-0.4, -0.2) is 11.1 Å². The van der Waals surface area contributed by atoms with Gasteiger partial charge in [-0.3, -0.25) is 0 Å². The summed E-state index contributed by atoms with van der Waals surface area (Å²) in [5.41, 5.74) is 1.60. The van der Waals surface area contributed by atoms with Gasteiger partial charge in [-0.15, -0.1) is 0 Å². The minimum Gasteiger partial charge on any atom is -0.478 e. The minimum absolute atomic E-state index is 0.483. The third kappa shape index (κ3) is 3.48. The highest BCUT2D eigenvalue weighted by molar-refractivity contribution is 6.30. The summed E-state index contributed by atoms with van der Waals surface area (Å²) in [6.45, 7) is 1.95. The summed E-state index contributed by atoms with van der Waals surface area (Å²) in [7, 11) is 0. The van der Waals surface area contributed by atoms with E-state index in [9.17, 15) is 9.90 Å². The van der Waals surface area contributed by atoms with Gasteiger partial charge in [0.15, 0.2) is 0 Å². The number of aryl methyl sites for hydroxylation is 1. The van der Waals surface area contributed by atoms with Crippen LogP contribution in [0.2, 0.25) is 5.02 Å². The SMILES string of the molecule is Cc1ccc(O[C@@H](C(=O)O)c2cccc(Cl)c2)cc1. The topological polar surface area (TPSA) is 46.5 Å². The van der Waals surface area contributed by atoms with Crippen LogP contribution in [0.4, 0.5) is 0 Å². The molecule has 0 bridgehead atoms. The summed E-state index contributed by atoms with van der Waals surface area (Å²) in [5.74, 6) is -0.541. The maximum atomic E-state index is 11.3. The largest absolute Gasteiger partial charge is 0.478 e. The van der Waals surface area contributed by atoms with Crippen LogP contribution in [0.5, 0.6) is 5.75 Å². The molecule has 0 unspecified atom stereocenters. The molecule has 0 saturated heterocycles. The molecule has 0 aromatic heterocycles. The molecule has 0 amide bonds. The molecule has 0 heterocycles. The van der Waals surface area contributed by atoms with Crippen molar-refractivity contribution in [1.29, 1.82) is 0 Å². The average Bonchev–Trinajstić information content (AvgIpc) is 2.37. The van der Waals surface area contributed by atoms with Gasteiger partial charge in [0, 0.05) is 10.6 Å². The van der Waals surface area contributed by atoms with E-state index in [4.69, 9.17) is 16.3 Å². The van der Waals surface area contributed by atoms with Crippen molar-refractivity contribution in [1.82, 2.24) is 0 Å². The molecule has 1 N–H and O–H groups in total. The summed E-state index contributed by atoms with van der Waals surface area (Å²) in [6, 6.07) is 13.9. The van der Waals surface area contributed by atoms with Crippen molar-refractivity contribution in [2.24, 2.45) is 0 Å². The van der Waals surface area contributed by atoms with Crippen LogP contribution in [0.15, 0.2) is 48.5 Å².